The molecule has 3 heterocycles. The van der Waals surface area contributed by atoms with E-state index in [0.717, 1.165) is 29.1 Å². The molecule has 0 aromatic carbocycles. The molecule has 150 valence electrons. The van der Waals surface area contributed by atoms with Gasteiger partial charge in [-0.1, -0.05) is 12.7 Å². The summed E-state index contributed by atoms with van der Waals surface area (Å²) in [5.41, 5.74) is 4.46. The van der Waals surface area contributed by atoms with Gasteiger partial charge in [-0.25, -0.2) is 0 Å². The van der Waals surface area contributed by atoms with E-state index in [4.69, 9.17) is 0 Å². The zero-order valence-electron chi connectivity index (χ0n) is 16.6. The van der Waals surface area contributed by atoms with Gasteiger partial charge in [-0.05, 0) is 56.0 Å². The number of aromatic amines is 1. The molecule has 0 radical (unpaired) electrons. The molecule has 29 heavy (non-hydrogen) atoms. The fourth-order valence-corrected chi connectivity index (χ4v) is 3.54. The normalized spacial score (nSPS) is 17.6. The second kappa shape index (κ2) is 8.11. The number of Topliss-reactive ketones (excluding diaryl/α,β-unsaturated/α-hetero) is 1. The number of rotatable bonds is 7. The first kappa shape index (κ1) is 19.2. The highest BCUT2D eigenvalue weighted by Crippen LogP contribution is 2.39. The van der Waals surface area contributed by atoms with Crippen LogP contribution in [0.1, 0.15) is 60.8 Å². The van der Waals surface area contributed by atoms with Crippen molar-refractivity contribution in [3.05, 3.63) is 59.7 Å². The van der Waals surface area contributed by atoms with Gasteiger partial charge < -0.3 is 4.90 Å². The van der Waals surface area contributed by atoms with Gasteiger partial charge >= 0.3 is 0 Å². The van der Waals surface area contributed by atoms with E-state index in [0.29, 0.717) is 31.1 Å². The van der Waals surface area contributed by atoms with E-state index in [1.165, 1.54) is 18.9 Å². The predicted molar refractivity (Wildman–Crippen MR) is 109 cm³/mol. The SMILES string of the molecule is C=CC(=O)N1CC=C(c2ccc(C(C)C(=O)Cc3cc(C4CC4)n[nH]3)nn2)CC1. The molecular formula is C22H25N5O2. The van der Waals surface area contributed by atoms with Crippen LogP contribution in [0.2, 0.25) is 0 Å². The number of carbonyl (C=O) groups excluding carboxylic acids is 2. The number of nitrogens with zero attached hydrogens (tertiary/aromatic N) is 4. The maximum Gasteiger partial charge on any atom is 0.246 e. The van der Waals surface area contributed by atoms with Crippen LogP contribution in [0, 0.1) is 0 Å². The van der Waals surface area contributed by atoms with Gasteiger partial charge in [-0.3, -0.25) is 14.7 Å². The Morgan fingerprint density at radius 1 is 1.34 bits per heavy atom. The monoisotopic (exact) mass is 391 g/mol. The summed E-state index contributed by atoms with van der Waals surface area (Å²) in [4.78, 5) is 26.1. The van der Waals surface area contributed by atoms with Crippen molar-refractivity contribution in [3.63, 3.8) is 0 Å². The second-order valence-electron chi connectivity index (χ2n) is 7.77. The van der Waals surface area contributed by atoms with Crippen LogP contribution in [-0.4, -0.2) is 50.1 Å². The van der Waals surface area contributed by atoms with E-state index in [2.05, 4.69) is 27.0 Å². The van der Waals surface area contributed by atoms with Gasteiger partial charge in [0.05, 0.1) is 23.0 Å². The number of hydrogen-bond donors (Lipinski definition) is 1. The first-order valence-corrected chi connectivity index (χ1v) is 10.1. The average Bonchev–Trinajstić information content (AvgIpc) is 3.52. The van der Waals surface area contributed by atoms with Crippen LogP contribution in [-0.2, 0) is 16.0 Å². The van der Waals surface area contributed by atoms with Crippen LogP contribution in [0.3, 0.4) is 0 Å². The number of H-pyrrole nitrogens is 1. The number of carbonyl (C=O) groups is 2. The Morgan fingerprint density at radius 2 is 2.17 bits per heavy atom. The van der Waals surface area contributed by atoms with E-state index in [1.807, 2.05) is 31.2 Å². The number of amides is 1. The van der Waals surface area contributed by atoms with Gasteiger partial charge in [0.25, 0.3) is 0 Å². The molecule has 1 amide bonds. The average molecular weight is 391 g/mol. The van der Waals surface area contributed by atoms with Crippen molar-refractivity contribution in [1.82, 2.24) is 25.3 Å². The minimum Gasteiger partial charge on any atom is -0.335 e. The summed E-state index contributed by atoms with van der Waals surface area (Å²) in [7, 11) is 0. The zero-order chi connectivity index (χ0) is 20.4. The van der Waals surface area contributed by atoms with Crippen LogP contribution < -0.4 is 0 Å². The Morgan fingerprint density at radius 3 is 2.79 bits per heavy atom. The Labute approximate surface area is 169 Å². The van der Waals surface area contributed by atoms with Crippen LogP contribution in [0.5, 0.6) is 0 Å². The summed E-state index contributed by atoms with van der Waals surface area (Å²) in [6.07, 6.45) is 6.76. The second-order valence-corrected chi connectivity index (χ2v) is 7.77. The third kappa shape index (κ3) is 4.34. The van der Waals surface area contributed by atoms with Crippen molar-refractivity contribution >= 4 is 17.3 Å². The Balaban J connectivity index is 1.37. The van der Waals surface area contributed by atoms with Crippen LogP contribution in [0.25, 0.3) is 5.57 Å². The lowest BCUT2D eigenvalue weighted by molar-refractivity contribution is -0.125. The van der Waals surface area contributed by atoms with E-state index >= 15 is 0 Å². The molecule has 0 saturated heterocycles. The number of hydrogen-bond acceptors (Lipinski definition) is 5. The molecule has 0 bridgehead atoms. The molecular weight excluding hydrogens is 366 g/mol. The van der Waals surface area contributed by atoms with Crippen LogP contribution >= 0.6 is 0 Å². The Kier molecular flexibility index (Phi) is 5.38. The highest BCUT2D eigenvalue weighted by atomic mass is 16.2. The van der Waals surface area contributed by atoms with Crippen molar-refractivity contribution in [2.75, 3.05) is 13.1 Å². The molecule has 1 fully saturated rings. The summed E-state index contributed by atoms with van der Waals surface area (Å²) < 4.78 is 0. The van der Waals surface area contributed by atoms with Gasteiger partial charge in [0.2, 0.25) is 5.91 Å². The first-order chi connectivity index (χ1) is 14.0. The lowest BCUT2D eigenvalue weighted by Gasteiger charge is -2.25. The quantitative estimate of drug-likeness (QED) is 0.733. The smallest absolute Gasteiger partial charge is 0.246 e. The van der Waals surface area contributed by atoms with Crippen LogP contribution in [0.4, 0.5) is 0 Å². The summed E-state index contributed by atoms with van der Waals surface area (Å²) in [5.74, 6) is 0.274. The molecule has 7 heteroatoms. The lowest BCUT2D eigenvalue weighted by Crippen LogP contribution is -2.33. The topological polar surface area (TPSA) is 91.8 Å². The van der Waals surface area contributed by atoms with Crippen molar-refractivity contribution in [2.45, 2.75) is 44.4 Å². The fraction of sp³-hybridized carbons (Fsp3) is 0.409. The van der Waals surface area contributed by atoms with Gasteiger partial charge in [0, 0.05) is 31.1 Å². The van der Waals surface area contributed by atoms with Crippen molar-refractivity contribution in [3.8, 4) is 0 Å². The largest absolute Gasteiger partial charge is 0.335 e. The van der Waals surface area contributed by atoms with E-state index in [1.54, 1.807) is 4.90 Å². The summed E-state index contributed by atoms with van der Waals surface area (Å²) >= 11 is 0. The van der Waals surface area contributed by atoms with Gasteiger partial charge in [-0.15, -0.1) is 0 Å². The molecule has 1 unspecified atom stereocenters. The minimum absolute atomic E-state index is 0.0596. The highest BCUT2D eigenvalue weighted by molar-refractivity contribution is 5.88. The molecule has 2 aromatic heterocycles. The minimum atomic E-state index is -0.328. The number of ketones is 1. The third-order valence-electron chi connectivity index (χ3n) is 5.65. The first-order valence-electron chi connectivity index (χ1n) is 10.1. The molecule has 1 aliphatic heterocycles. The molecule has 1 saturated carbocycles. The van der Waals surface area contributed by atoms with Crippen LogP contribution in [0.15, 0.2) is 36.9 Å². The molecule has 0 spiro atoms. The van der Waals surface area contributed by atoms with Gasteiger partial charge in [-0.2, -0.15) is 15.3 Å². The van der Waals surface area contributed by atoms with Crippen molar-refractivity contribution < 1.29 is 9.59 Å². The predicted octanol–water partition coefficient (Wildman–Crippen LogP) is 2.79. The highest BCUT2D eigenvalue weighted by Gasteiger charge is 2.27. The Bertz CT molecular complexity index is 956. The molecule has 2 aromatic rings. The molecule has 1 N–H and O–H groups in total. The van der Waals surface area contributed by atoms with Crippen molar-refractivity contribution in [1.29, 1.82) is 0 Å². The standard InChI is InChI=1S/C22H25N5O2/c1-3-22(29)27-10-8-16(9-11-27)19-7-6-18(24-25-19)14(2)21(28)13-17-12-20(26-23-17)15-4-5-15/h3,6-8,12,14-15H,1,4-5,9-11,13H2,2H3,(H,23,26). The maximum absolute atomic E-state index is 12.7. The third-order valence-corrected chi connectivity index (χ3v) is 5.65. The zero-order valence-corrected chi connectivity index (χ0v) is 16.6. The van der Waals surface area contributed by atoms with E-state index in [9.17, 15) is 9.59 Å². The molecule has 7 nitrogen and oxygen atoms in total. The van der Waals surface area contributed by atoms with Crippen molar-refractivity contribution in [2.24, 2.45) is 0 Å². The summed E-state index contributed by atoms with van der Waals surface area (Å²) in [5, 5.41) is 15.9. The summed E-state index contributed by atoms with van der Waals surface area (Å²) in [6.45, 7) is 6.58. The molecule has 1 atom stereocenters. The molecule has 1 aliphatic carbocycles. The maximum atomic E-state index is 12.7. The molecule has 2 aliphatic rings. The molecule has 4 rings (SSSR count). The lowest BCUT2D eigenvalue weighted by atomic mass is 9.97. The fourth-order valence-electron chi connectivity index (χ4n) is 3.54. The van der Waals surface area contributed by atoms with Gasteiger partial charge in [0.15, 0.2) is 0 Å². The number of nitrogens with one attached hydrogen (secondary N) is 1. The van der Waals surface area contributed by atoms with E-state index in [-0.39, 0.29) is 17.6 Å². The number of aromatic nitrogens is 4. The van der Waals surface area contributed by atoms with Gasteiger partial charge in [0.1, 0.15) is 5.78 Å². The summed E-state index contributed by atoms with van der Waals surface area (Å²) in [6, 6.07) is 5.78. The van der Waals surface area contributed by atoms with E-state index < -0.39 is 0 Å². The Hall–Kier alpha value is -3.09.